The number of esters is 4. The number of aliphatic hydroxyl groups is 1. The predicted molar refractivity (Wildman–Crippen MR) is 368 cm³/mol. The van der Waals surface area contributed by atoms with E-state index in [1.54, 1.807) is 0 Å². The molecular weight excluding hydrogens is 1200 g/mol. The maximum Gasteiger partial charge on any atom is 0.472 e. The van der Waals surface area contributed by atoms with Crippen LogP contribution in [0.25, 0.3) is 0 Å². The van der Waals surface area contributed by atoms with Gasteiger partial charge >= 0.3 is 39.5 Å². The highest BCUT2D eigenvalue weighted by atomic mass is 31.2. The molecule has 0 heterocycles. The fraction of sp³-hybridized carbons (Fsp3) is 0.944. The van der Waals surface area contributed by atoms with E-state index in [1.165, 1.54) is 186 Å². The quantitative estimate of drug-likeness (QED) is 0.0222. The summed E-state index contributed by atoms with van der Waals surface area (Å²) in [5, 5.41) is 10.6. The molecule has 0 radical (unpaired) electrons. The van der Waals surface area contributed by atoms with Crippen molar-refractivity contribution in [3.63, 3.8) is 0 Å². The number of hydrogen-bond donors (Lipinski definition) is 3. The number of carbonyl (C=O) groups excluding carboxylic acids is 4. The van der Waals surface area contributed by atoms with E-state index in [1.807, 2.05) is 0 Å². The van der Waals surface area contributed by atoms with E-state index in [2.05, 4.69) is 41.5 Å². The number of phosphoric acid groups is 2. The van der Waals surface area contributed by atoms with Crippen LogP contribution in [0.2, 0.25) is 0 Å². The standard InChI is InChI=1S/C72H140O17P2/c1-7-9-11-13-15-17-18-26-30-37-43-49-55-70(75)83-61-67(88-71(76)56-50-44-38-31-27-24-22-20-19-21-23-25-29-34-40-46-52-64(3)4)62-86-90(78,79)84-58-66(73)59-85-91(80,81)87-63-68(60-82-69(74)54-48-42-36-28-16-14-12-10-8-2)89-72(77)57-51-45-39-33-32-35-41-47-53-65(5)6/h64-68,73H,7-63H2,1-6H3,(H,78,79)(H,80,81)/t66-,67-,68-/m1/s1. The van der Waals surface area contributed by atoms with Gasteiger partial charge in [0.1, 0.15) is 19.3 Å². The molecule has 0 amide bonds. The summed E-state index contributed by atoms with van der Waals surface area (Å²) in [6, 6.07) is 0. The smallest absolute Gasteiger partial charge is 0.462 e. The molecule has 0 aliphatic rings. The molecule has 0 aliphatic heterocycles. The second-order valence-corrected chi connectivity index (χ2v) is 29.8. The summed E-state index contributed by atoms with van der Waals surface area (Å²) < 4.78 is 68.3. The topological polar surface area (TPSA) is 237 Å². The van der Waals surface area contributed by atoms with Gasteiger partial charge in [-0.15, -0.1) is 0 Å². The third-order valence-electron chi connectivity index (χ3n) is 16.7. The van der Waals surface area contributed by atoms with Crippen molar-refractivity contribution in [1.82, 2.24) is 0 Å². The largest absolute Gasteiger partial charge is 0.472 e. The van der Waals surface area contributed by atoms with Crippen LogP contribution in [0.4, 0.5) is 0 Å². The zero-order valence-electron chi connectivity index (χ0n) is 59.1. The normalized spacial score (nSPS) is 14.1. The van der Waals surface area contributed by atoms with E-state index in [4.69, 9.17) is 37.0 Å². The molecule has 0 aromatic heterocycles. The minimum absolute atomic E-state index is 0.105. The highest BCUT2D eigenvalue weighted by Gasteiger charge is 2.30. The summed E-state index contributed by atoms with van der Waals surface area (Å²) in [6.45, 7) is 9.54. The maximum atomic E-state index is 13.0. The molecule has 91 heavy (non-hydrogen) atoms. The van der Waals surface area contributed by atoms with Gasteiger partial charge in [-0.25, -0.2) is 9.13 Å². The lowest BCUT2D eigenvalue weighted by molar-refractivity contribution is -0.161. The Morgan fingerprint density at radius 2 is 0.505 bits per heavy atom. The molecule has 0 bridgehead atoms. The first-order chi connectivity index (χ1) is 43.9. The molecule has 0 saturated carbocycles. The molecule has 19 heteroatoms. The Balaban J connectivity index is 5.20. The van der Waals surface area contributed by atoms with E-state index >= 15 is 0 Å². The van der Waals surface area contributed by atoms with Gasteiger partial charge in [-0.3, -0.25) is 37.3 Å². The Morgan fingerprint density at radius 3 is 0.747 bits per heavy atom. The lowest BCUT2D eigenvalue weighted by Crippen LogP contribution is -2.30. The van der Waals surface area contributed by atoms with E-state index in [0.29, 0.717) is 25.7 Å². The van der Waals surface area contributed by atoms with Gasteiger partial charge in [-0.2, -0.15) is 0 Å². The molecular formula is C72H140O17P2. The number of ether oxygens (including phenoxy) is 4. The number of phosphoric ester groups is 2. The minimum Gasteiger partial charge on any atom is -0.462 e. The van der Waals surface area contributed by atoms with Gasteiger partial charge in [0.15, 0.2) is 12.2 Å². The number of unbranched alkanes of at least 4 members (excludes halogenated alkanes) is 41. The minimum atomic E-state index is -4.95. The van der Waals surface area contributed by atoms with Gasteiger partial charge in [0.05, 0.1) is 26.4 Å². The van der Waals surface area contributed by atoms with E-state index in [0.717, 1.165) is 102 Å². The maximum absolute atomic E-state index is 13.0. The predicted octanol–water partition coefficient (Wildman–Crippen LogP) is 20.8. The van der Waals surface area contributed by atoms with Crippen molar-refractivity contribution in [3.8, 4) is 0 Å². The first-order valence-electron chi connectivity index (χ1n) is 37.5. The summed E-state index contributed by atoms with van der Waals surface area (Å²) in [7, 11) is -9.90. The highest BCUT2D eigenvalue weighted by Crippen LogP contribution is 2.45. The number of rotatable bonds is 71. The molecule has 0 saturated heterocycles. The molecule has 540 valence electrons. The number of carbonyl (C=O) groups is 4. The summed E-state index contributed by atoms with van der Waals surface area (Å²) in [5.41, 5.74) is 0. The first-order valence-corrected chi connectivity index (χ1v) is 40.5. The Morgan fingerprint density at radius 1 is 0.297 bits per heavy atom. The fourth-order valence-corrected chi connectivity index (χ4v) is 12.5. The third kappa shape index (κ3) is 66.5. The van der Waals surface area contributed by atoms with E-state index in [9.17, 15) is 43.2 Å². The van der Waals surface area contributed by atoms with Gasteiger partial charge in [-0.1, -0.05) is 318 Å². The SMILES string of the molecule is CCCCCCCCCCCCCCC(=O)OC[C@H](COP(=O)(O)OC[C@@H](O)COP(=O)(O)OC[C@@H](COC(=O)CCCCCCCCCCC)OC(=O)CCCCCCCCCCC(C)C)OC(=O)CCCCCCCCCCCCCCCCCCC(C)C. The highest BCUT2D eigenvalue weighted by molar-refractivity contribution is 7.47. The second-order valence-electron chi connectivity index (χ2n) is 26.9. The van der Waals surface area contributed by atoms with Crippen LogP contribution in [-0.2, 0) is 65.4 Å². The van der Waals surface area contributed by atoms with Crippen LogP contribution >= 0.6 is 15.6 Å². The Labute approximate surface area is 556 Å². The third-order valence-corrected chi connectivity index (χ3v) is 18.6. The summed E-state index contributed by atoms with van der Waals surface area (Å²) in [5.74, 6) is -0.595. The lowest BCUT2D eigenvalue weighted by atomic mass is 10.0. The lowest BCUT2D eigenvalue weighted by Gasteiger charge is -2.21. The van der Waals surface area contributed by atoms with Crippen molar-refractivity contribution < 1.29 is 80.2 Å². The van der Waals surface area contributed by atoms with Crippen LogP contribution in [0.1, 0.15) is 369 Å². The van der Waals surface area contributed by atoms with Gasteiger partial charge in [-0.05, 0) is 37.5 Å². The molecule has 0 spiro atoms. The van der Waals surface area contributed by atoms with Crippen molar-refractivity contribution in [1.29, 1.82) is 0 Å². The van der Waals surface area contributed by atoms with Crippen LogP contribution < -0.4 is 0 Å². The van der Waals surface area contributed by atoms with Crippen molar-refractivity contribution in [2.75, 3.05) is 39.6 Å². The molecule has 17 nitrogen and oxygen atoms in total. The Hall–Kier alpha value is -1.94. The van der Waals surface area contributed by atoms with Crippen molar-refractivity contribution in [2.24, 2.45) is 11.8 Å². The van der Waals surface area contributed by atoms with Crippen molar-refractivity contribution in [3.05, 3.63) is 0 Å². The fourth-order valence-electron chi connectivity index (χ4n) is 10.9. The molecule has 0 rings (SSSR count). The zero-order chi connectivity index (χ0) is 67.2. The molecule has 2 unspecified atom stereocenters. The van der Waals surface area contributed by atoms with Crippen LogP contribution in [0.15, 0.2) is 0 Å². The molecule has 3 N–H and O–H groups in total. The van der Waals surface area contributed by atoms with Gasteiger partial charge in [0.2, 0.25) is 0 Å². The van der Waals surface area contributed by atoms with Gasteiger partial charge in [0, 0.05) is 25.7 Å². The number of hydrogen-bond acceptors (Lipinski definition) is 15. The van der Waals surface area contributed by atoms with Crippen LogP contribution in [0, 0.1) is 11.8 Å². The number of aliphatic hydroxyl groups excluding tert-OH is 1. The monoisotopic (exact) mass is 1340 g/mol. The van der Waals surface area contributed by atoms with Crippen LogP contribution in [-0.4, -0.2) is 96.7 Å². The molecule has 0 fully saturated rings. The van der Waals surface area contributed by atoms with Crippen LogP contribution in [0.3, 0.4) is 0 Å². The zero-order valence-corrected chi connectivity index (χ0v) is 60.9. The molecule has 0 aliphatic carbocycles. The summed E-state index contributed by atoms with van der Waals surface area (Å²) in [6.07, 6.45) is 50.0. The van der Waals surface area contributed by atoms with Gasteiger partial charge < -0.3 is 33.8 Å². The van der Waals surface area contributed by atoms with Crippen LogP contribution in [0.5, 0.6) is 0 Å². The molecule has 0 aromatic rings. The Kier molecular flexibility index (Phi) is 62.7. The average molecular weight is 1340 g/mol. The summed E-state index contributed by atoms with van der Waals surface area (Å²) >= 11 is 0. The Bertz CT molecular complexity index is 1770. The van der Waals surface area contributed by atoms with E-state index in [-0.39, 0.29) is 25.7 Å². The first kappa shape index (κ1) is 89.1. The molecule has 5 atom stereocenters. The van der Waals surface area contributed by atoms with Crippen molar-refractivity contribution in [2.45, 2.75) is 387 Å². The van der Waals surface area contributed by atoms with E-state index < -0.39 is 97.5 Å². The molecule has 0 aromatic carbocycles. The van der Waals surface area contributed by atoms with Crippen molar-refractivity contribution >= 4 is 39.5 Å². The summed E-state index contributed by atoms with van der Waals surface area (Å²) in [4.78, 5) is 72.5. The van der Waals surface area contributed by atoms with Gasteiger partial charge in [0.25, 0.3) is 0 Å². The average Bonchev–Trinajstić information content (AvgIpc) is 3.46. The second kappa shape index (κ2) is 64.1.